The molecule has 2 fully saturated rings. The van der Waals surface area contributed by atoms with Gasteiger partial charge in [-0.05, 0) is 25.7 Å². The Kier molecular flexibility index (Phi) is 3.82. The number of hydrogen-bond donors (Lipinski definition) is 1. The van der Waals surface area contributed by atoms with Gasteiger partial charge >= 0.3 is 0 Å². The van der Waals surface area contributed by atoms with Gasteiger partial charge in [-0.1, -0.05) is 13.3 Å². The van der Waals surface area contributed by atoms with Gasteiger partial charge in [0.1, 0.15) is 0 Å². The van der Waals surface area contributed by atoms with Gasteiger partial charge in [0.15, 0.2) is 0 Å². The molecule has 0 spiro atoms. The van der Waals surface area contributed by atoms with Gasteiger partial charge in [0.05, 0.1) is 24.9 Å². The van der Waals surface area contributed by atoms with E-state index in [4.69, 9.17) is 4.74 Å². The summed E-state index contributed by atoms with van der Waals surface area (Å²) in [6.07, 6.45) is 5.97. The minimum absolute atomic E-state index is 0.234. The molecule has 1 N–H and O–H groups in total. The lowest BCUT2D eigenvalue weighted by Crippen LogP contribution is -2.48. The lowest BCUT2D eigenvalue weighted by Gasteiger charge is -2.33. The molecule has 3 atom stereocenters. The second-order valence-corrected chi connectivity index (χ2v) is 4.76. The number of rotatable bonds is 4. The van der Waals surface area contributed by atoms with Gasteiger partial charge < -0.3 is 9.64 Å². The Morgan fingerprint density at radius 3 is 3.00 bits per heavy atom. The van der Waals surface area contributed by atoms with E-state index in [-0.39, 0.29) is 18.2 Å². The van der Waals surface area contributed by atoms with Gasteiger partial charge in [-0.3, -0.25) is 10.1 Å². The van der Waals surface area contributed by atoms with Crippen molar-refractivity contribution < 1.29 is 9.53 Å². The zero-order valence-electron chi connectivity index (χ0n) is 10.2. The van der Waals surface area contributed by atoms with Crippen LogP contribution in [0, 0.1) is 0 Å². The van der Waals surface area contributed by atoms with Gasteiger partial charge in [0, 0.05) is 7.11 Å². The molecule has 0 aromatic heterocycles. The fraction of sp³-hybridized carbons (Fsp3) is 0.917. The molecule has 4 heteroatoms. The van der Waals surface area contributed by atoms with Crippen molar-refractivity contribution in [2.75, 3.05) is 13.7 Å². The molecule has 2 aliphatic rings. The third-order valence-corrected chi connectivity index (χ3v) is 3.75. The quantitative estimate of drug-likeness (QED) is 0.781. The van der Waals surface area contributed by atoms with E-state index in [2.05, 4.69) is 12.2 Å². The van der Waals surface area contributed by atoms with Crippen LogP contribution in [0.5, 0.6) is 0 Å². The van der Waals surface area contributed by atoms with Crippen LogP contribution in [0.15, 0.2) is 0 Å². The molecule has 2 rings (SSSR count). The fourth-order valence-electron chi connectivity index (χ4n) is 3.00. The summed E-state index contributed by atoms with van der Waals surface area (Å²) >= 11 is 0. The lowest BCUT2D eigenvalue weighted by molar-refractivity contribution is -0.132. The van der Waals surface area contributed by atoms with E-state index in [1.165, 1.54) is 6.42 Å². The molecule has 0 bridgehead atoms. The highest BCUT2D eigenvalue weighted by molar-refractivity contribution is 5.81. The Balaban J connectivity index is 2.07. The first-order valence-corrected chi connectivity index (χ1v) is 6.35. The van der Waals surface area contributed by atoms with Crippen LogP contribution in [0.1, 0.15) is 39.0 Å². The zero-order chi connectivity index (χ0) is 11.5. The average molecular weight is 226 g/mol. The highest BCUT2D eigenvalue weighted by Gasteiger charge is 2.41. The van der Waals surface area contributed by atoms with Gasteiger partial charge in [-0.25, -0.2) is 0 Å². The molecule has 0 radical (unpaired) electrons. The average Bonchev–Trinajstić information content (AvgIpc) is 2.85. The molecule has 1 aliphatic heterocycles. The van der Waals surface area contributed by atoms with E-state index in [0.717, 1.165) is 25.7 Å². The van der Waals surface area contributed by atoms with Crippen LogP contribution in [0.2, 0.25) is 0 Å². The van der Waals surface area contributed by atoms with Crippen LogP contribution in [0.4, 0.5) is 0 Å². The Morgan fingerprint density at radius 1 is 1.50 bits per heavy atom. The number of amides is 1. The zero-order valence-corrected chi connectivity index (χ0v) is 10.2. The Labute approximate surface area is 97.3 Å². The van der Waals surface area contributed by atoms with Crippen LogP contribution in [-0.4, -0.2) is 42.8 Å². The van der Waals surface area contributed by atoms with Gasteiger partial charge in [0.2, 0.25) is 5.91 Å². The van der Waals surface area contributed by atoms with Crippen molar-refractivity contribution in [1.29, 1.82) is 0 Å². The predicted molar refractivity (Wildman–Crippen MR) is 62.0 cm³/mol. The second kappa shape index (κ2) is 5.15. The van der Waals surface area contributed by atoms with Crippen molar-refractivity contribution in [3.63, 3.8) is 0 Å². The van der Waals surface area contributed by atoms with Crippen molar-refractivity contribution in [2.45, 2.75) is 57.3 Å². The molecule has 1 aliphatic carbocycles. The largest absolute Gasteiger partial charge is 0.379 e. The lowest BCUT2D eigenvalue weighted by atomic mass is 10.1. The molecule has 4 nitrogen and oxygen atoms in total. The monoisotopic (exact) mass is 226 g/mol. The van der Waals surface area contributed by atoms with Crippen LogP contribution < -0.4 is 5.32 Å². The molecule has 1 saturated carbocycles. The second-order valence-electron chi connectivity index (χ2n) is 4.76. The summed E-state index contributed by atoms with van der Waals surface area (Å²) < 4.78 is 5.49. The predicted octanol–water partition coefficient (Wildman–Crippen LogP) is 1.11. The number of nitrogens with zero attached hydrogens (tertiary/aromatic N) is 1. The molecule has 1 amide bonds. The van der Waals surface area contributed by atoms with Crippen LogP contribution in [-0.2, 0) is 9.53 Å². The molecule has 16 heavy (non-hydrogen) atoms. The summed E-state index contributed by atoms with van der Waals surface area (Å²) in [6.45, 7) is 2.66. The van der Waals surface area contributed by atoms with Crippen LogP contribution in [0.25, 0.3) is 0 Å². The maximum atomic E-state index is 11.9. The van der Waals surface area contributed by atoms with Crippen molar-refractivity contribution >= 4 is 5.91 Å². The van der Waals surface area contributed by atoms with Crippen molar-refractivity contribution in [1.82, 2.24) is 10.2 Å². The minimum Gasteiger partial charge on any atom is -0.379 e. The number of ether oxygens (including phenoxy) is 1. The first kappa shape index (κ1) is 11.9. The van der Waals surface area contributed by atoms with Gasteiger partial charge in [-0.15, -0.1) is 0 Å². The highest BCUT2D eigenvalue weighted by atomic mass is 16.5. The summed E-state index contributed by atoms with van der Waals surface area (Å²) in [5, 5.41) is 3.30. The molecule has 1 saturated heterocycles. The molecule has 0 aromatic rings. The normalized spacial score (nSPS) is 35.0. The van der Waals surface area contributed by atoms with E-state index in [1.807, 2.05) is 4.90 Å². The van der Waals surface area contributed by atoms with Gasteiger partial charge in [0.25, 0.3) is 0 Å². The summed E-state index contributed by atoms with van der Waals surface area (Å²) in [7, 11) is 1.76. The van der Waals surface area contributed by atoms with E-state index < -0.39 is 0 Å². The standard InChI is InChI=1S/C12H22N2O2/c1-3-5-11-13-8-12(15)14(11)9-6-4-7-10(9)16-2/h9-11,13H,3-8H2,1-2H3. The van der Waals surface area contributed by atoms with Crippen LogP contribution >= 0.6 is 0 Å². The molecule has 0 aromatic carbocycles. The maximum Gasteiger partial charge on any atom is 0.238 e. The number of nitrogens with one attached hydrogen (secondary N) is 1. The van der Waals surface area contributed by atoms with Crippen molar-refractivity contribution in [2.24, 2.45) is 0 Å². The Bertz CT molecular complexity index is 257. The summed E-state index contributed by atoms with van der Waals surface area (Å²) in [6, 6.07) is 0.295. The Morgan fingerprint density at radius 2 is 2.31 bits per heavy atom. The molecular weight excluding hydrogens is 204 g/mol. The van der Waals surface area contributed by atoms with E-state index in [0.29, 0.717) is 12.6 Å². The van der Waals surface area contributed by atoms with Crippen LogP contribution in [0.3, 0.4) is 0 Å². The fourth-order valence-corrected chi connectivity index (χ4v) is 3.00. The minimum atomic E-state index is 0.234. The summed E-state index contributed by atoms with van der Waals surface area (Å²) in [5.41, 5.74) is 0. The number of methoxy groups -OCH3 is 1. The number of carbonyl (C=O) groups is 1. The first-order chi connectivity index (χ1) is 7.77. The summed E-state index contributed by atoms with van der Waals surface area (Å²) in [4.78, 5) is 14.0. The van der Waals surface area contributed by atoms with E-state index in [1.54, 1.807) is 7.11 Å². The third kappa shape index (κ3) is 2.09. The van der Waals surface area contributed by atoms with Gasteiger partial charge in [-0.2, -0.15) is 0 Å². The SMILES string of the molecule is CCCC1NCC(=O)N1C1CCCC1OC. The Hall–Kier alpha value is -0.610. The highest BCUT2D eigenvalue weighted by Crippen LogP contribution is 2.29. The molecular formula is C12H22N2O2. The van der Waals surface area contributed by atoms with E-state index >= 15 is 0 Å². The molecule has 92 valence electrons. The third-order valence-electron chi connectivity index (χ3n) is 3.75. The smallest absolute Gasteiger partial charge is 0.238 e. The first-order valence-electron chi connectivity index (χ1n) is 6.35. The van der Waals surface area contributed by atoms with Crippen molar-refractivity contribution in [3.8, 4) is 0 Å². The van der Waals surface area contributed by atoms with Crippen molar-refractivity contribution in [3.05, 3.63) is 0 Å². The number of hydrogen-bond acceptors (Lipinski definition) is 3. The molecule has 1 heterocycles. The molecule has 3 unspecified atom stereocenters. The summed E-state index contributed by atoms with van der Waals surface area (Å²) in [5.74, 6) is 0.243. The van der Waals surface area contributed by atoms with E-state index in [9.17, 15) is 4.79 Å². The topological polar surface area (TPSA) is 41.6 Å². The number of carbonyl (C=O) groups excluding carboxylic acids is 1. The maximum absolute atomic E-state index is 11.9.